The van der Waals surface area contributed by atoms with Crippen molar-refractivity contribution < 1.29 is 23.9 Å². The highest BCUT2D eigenvalue weighted by Crippen LogP contribution is 2.06. The minimum absolute atomic E-state index is 0.203. The van der Waals surface area contributed by atoms with Crippen LogP contribution >= 0.6 is 0 Å². The molecule has 0 aliphatic carbocycles. The number of nitrogens with two attached hydrogens (primary N) is 1. The van der Waals surface area contributed by atoms with E-state index in [4.69, 9.17) is 15.2 Å². The molecule has 0 heterocycles. The Morgan fingerprint density at radius 1 is 1.08 bits per heavy atom. The fourth-order valence-corrected chi connectivity index (χ4v) is 2.06. The van der Waals surface area contributed by atoms with Crippen molar-refractivity contribution in [3.05, 3.63) is 35.9 Å². The third-order valence-electron chi connectivity index (χ3n) is 3.20. The summed E-state index contributed by atoms with van der Waals surface area (Å²) in [7, 11) is 0. The first-order valence-corrected chi connectivity index (χ1v) is 7.90. The van der Waals surface area contributed by atoms with Gasteiger partial charge in [0.05, 0.1) is 25.7 Å². The number of carbonyl (C=O) groups excluding carboxylic acids is 3. The lowest BCUT2D eigenvalue weighted by Crippen LogP contribution is -2.50. The van der Waals surface area contributed by atoms with E-state index in [1.165, 1.54) is 0 Å². The van der Waals surface area contributed by atoms with Crippen LogP contribution in [0.2, 0.25) is 0 Å². The Bertz CT molecular complexity index is 547. The number of esters is 2. The van der Waals surface area contributed by atoms with E-state index in [9.17, 15) is 14.4 Å². The lowest BCUT2D eigenvalue weighted by atomic mass is 10.1. The van der Waals surface area contributed by atoms with E-state index in [2.05, 4.69) is 5.32 Å². The number of hydrogen-bond donors (Lipinski definition) is 2. The minimum atomic E-state index is -1.09. The Morgan fingerprint density at radius 2 is 1.71 bits per heavy atom. The summed E-state index contributed by atoms with van der Waals surface area (Å²) >= 11 is 0. The first-order valence-electron chi connectivity index (χ1n) is 7.90. The normalized spacial score (nSPS) is 12.8. The van der Waals surface area contributed by atoms with E-state index in [1.807, 2.05) is 30.3 Å². The van der Waals surface area contributed by atoms with Crippen molar-refractivity contribution in [1.29, 1.82) is 0 Å². The first kappa shape index (κ1) is 19.6. The standard InChI is InChI=1S/C17H24N2O5/c1-3-23-15(20)11-13(18)16(21)19-14(17(22)24-4-2)10-12-8-6-5-7-9-12/h5-9,13-14H,3-4,10-11,18H2,1-2H3,(H,19,21)/t13-,14-/m0/s1. The van der Waals surface area contributed by atoms with Gasteiger partial charge in [0.1, 0.15) is 6.04 Å². The maximum Gasteiger partial charge on any atom is 0.328 e. The highest BCUT2D eigenvalue weighted by Gasteiger charge is 2.26. The third-order valence-corrected chi connectivity index (χ3v) is 3.20. The molecule has 2 atom stereocenters. The zero-order valence-electron chi connectivity index (χ0n) is 14.0. The number of hydrogen-bond acceptors (Lipinski definition) is 6. The molecule has 0 aliphatic rings. The fraction of sp³-hybridized carbons (Fsp3) is 0.471. The van der Waals surface area contributed by atoms with Crippen LogP contribution in [0.4, 0.5) is 0 Å². The molecule has 132 valence electrons. The molecule has 1 aromatic rings. The summed E-state index contributed by atoms with van der Waals surface area (Å²) in [6, 6.07) is 7.27. The molecular formula is C17H24N2O5. The summed E-state index contributed by atoms with van der Waals surface area (Å²) in [5.74, 6) is -1.70. The van der Waals surface area contributed by atoms with E-state index in [-0.39, 0.29) is 26.1 Å². The summed E-state index contributed by atoms with van der Waals surface area (Å²) < 4.78 is 9.75. The molecule has 7 nitrogen and oxygen atoms in total. The quantitative estimate of drug-likeness (QED) is 0.638. The van der Waals surface area contributed by atoms with Crippen molar-refractivity contribution >= 4 is 17.8 Å². The van der Waals surface area contributed by atoms with Crippen molar-refractivity contribution in [2.75, 3.05) is 13.2 Å². The van der Waals surface area contributed by atoms with Gasteiger partial charge in [0.25, 0.3) is 0 Å². The number of amides is 1. The van der Waals surface area contributed by atoms with Gasteiger partial charge < -0.3 is 20.5 Å². The van der Waals surface area contributed by atoms with Crippen molar-refractivity contribution in [1.82, 2.24) is 5.32 Å². The molecule has 0 radical (unpaired) electrons. The van der Waals surface area contributed by atoms with Crippen molar-refractivity contribution in [3.8, 4) is 0 Å². The SMILES string of the molecule is CCOC(=O)C[C@H](N)C(=O)N[C@@H](Cc1ccccc1)C(=O)OCC. The summed E-state index contributed by atoms with van der Waals surface area (Å²) in [6.07, 6.45) is 0.0259. The number of ether oxygens (including phenoxy) is 2. The lowest BCUT2D eigenvalue weighted by Gasteiger charge is -2.19. The van der Waals surface area contributed by atoms with Crippen LogP contribution in [-0.4, -0.2) is 43.1 Å². The van der Waals surface area contributed by atoms with Gasteiger partial charge in [-0.2, -0.15) is 0 Å². The minimum Gasteiger partial charge on any atom is -0.466 e. The van der Waals surface area contributed by atoms with E-state index < -0.39 is 29.9 Å². The van der Waals surface area contributed by atoms with Crippen LogP contribution in [-0.2, 0) is 30.3 Å². The average Bonchev–Trinajstić information content (AvgIpc) is 2.55. The highest BCUT2D eigenvalue weighted by atomic mass is 16.5. The Kier molecular flexibility index (Phi) is 8.49. The van der Waals surface area contributed by atoms with Gasteiger partial charge in [-0.15, -0.1) is 0 Å². The second-order valence-electron chi connectivity index (χ2n) is 5.12. The highest BCUT2D eigenvalue weighted by molar-refractivity contribution is 5.90. The second kappa shape index (κ2) is 10.4. The van der Waals surface area contributed by atoms with E-state index in [1.54, 1.807) is 13.8 Å². The van der Waals surface area contributed by atoms with Gasteiger partial charge in [-0.25, -0.2) is 4.79 Å². The zero-order chi connectivity index (χ0) is 17.9. The molecule has 0 aliphatic heterocycles. The molecule has 0 bridgehead atoms. The Hall–Kier alpha value is -2.41. The molecule has 0 spiro atoms. The maximum absolute atomic E-state index is 12.1. The monoisotopic (exact) mass is 336 g/mol. The molecule has 24 heavy (non-hydrogen) atoms. The number of carbonyl (C=O) groups is 3. The Morgan fingerprint density at radius 3 is 2.29 bits per heavy atom. The van der Waals surface area contributed by atoms with Gasteiger partial charge in [-0.3, -0.25) is 9.59 Å². The smallest absolute Gasteiger partial charge is 0.328 e. The molecule has 0 fully saturated rings. The van der Waals surface area contributed by atoms with Crippen LogP contribution in [0.15, 0.2) is 30.3 Å². The molecule has 3 N–H and O–H groups in total. The maximum atomic E-state index is 12.1. The summed E-state index contributed by atoms with van der Waals surface area (Å²) in [4.78, 5) is 35.6. The average molecular weight is 336 g/mol. The fourth-order valence-electron chi connectivity index (χ4n) is 2.06. The van der Waals surface area contributed by atoms with Crippen molar-refractivity contribution in [2.45, 2.75) is 38.8 Å². The molecule has 7 heteroatoms. The molecule has 0 aromatic heterocycles. The van der Waals surface area contributed by atoms with Gasteiger partial charge >= 0.3 is 11.9 Å². The Balaban J connectivity index is 2.71. The van der Waals surface area contributed by atoms with Crippen LogP contribution in [0.25, 0.3) is 0 Å². The van der Waals surface area contributed by atoms with Gasteiger partial charge in [-0.05, 0) is 19.4 Å². The predicted octanol–water partition coefficient (Wildman–Crippen LogP) is 0.558. The molecular weight excluding hydrogens is 312 g/mol. The third kappa shape index (κ3) is 6.78. The molecule has 0 saturated heterocycles. The van der Waals surface area contributed by atoms with Crippen LogP contribution in [0.1, 0.15) is 25.8 Å². The summed E-state index contributed by atoms with van der Waals surface area (Å²) in [6.45, 7) is 3.77. The lowest BCUT2D eigenvalue weighted by molar-refractivity contribution is -0.148. The van der Waals surface area contributed by atoms with Crippen LogP contribution in [0.3, 0.4) is 0 Å². The molecule has 0 unspecified atom stereocenters. The largest absolute Gasteiger partial charge is 0.466 e. The topological polar surface area (TPSA) is 108 Å². The predicted molar refractivity (Wildman–Crippen MR) is 87.9 cm³/mol. The van der Waals surface area contributed by atoms with Gasteiger partial charge in [0, 0.05) is 6.42 Å². The van der Waals surface area contributed by atoms with Crippen LogP contribution in [0.5, 0.6) is 0 Å². The summed E-state index contributed by atoms with van der Waals surface area (Å²) in [5, 5.41) is 2.55. The summed E-state index contributed by atoms with van der Waals surface area (Å²) in [5.41, 5.74) is 6.57. The molecule has 0 saturated carbocycles. The Labute approximate surface area is 141 Å². The van der Waals surface area contributed by atoms with E-state index >= 15 is 0 Å². The van der Waals surface area contributed by atoms with Crippen LogP contribution in [0, 0.1) is 0 Å². The number of rotatable bonds is 9. The van der Waals surface area contributed by atoms with E-state index in [0.29, 0.717) is 0 Å². The molecule has 1 amide bonds. The van der Waals surface area contributed by atoms with Gasteiger partial charge in [-0.1, -0.05) is 30.3 Å². The number of nitrogens with one attached hydrogen (secondary N) is 1. The van der Waals surface area contributed by atoms with Crippen molar-refractivity contribution in [2.24, 2.45) is 5.73 Å². The van der Waals surface area contributed by atoms with Crippen LogP contribution < -0.4 is 11.1 Å². The van der Waals surface area contributed by atoms with E-state index in [0.717, 1.165) is 5.56 Å². The van der Waals surface area contributed by atoms with Crippen molar-refractivity contribution in [3.63, 3.8) is 0 Å². The molecule has 1 rings (SSSR count). The zero-order valence-corrected chi connectivity index (χ0v) is 14.0. The van der Waals surface area contributed by atoms with Gasteiger partial charge in [0.2, 0.25) is 5.91 Å². The van der Waals surface area contributed by atoms with Gasteiger partial charge in [0.15, 0.2) is 0 Å². The molecule has 1 aromatic carbocycles. The second-order valence-corrected chi connectivity index (χ2v) is 5.12. The number of benzene rings is 1. The first-order chi connectivity index (χ1) is 11.5.